The topological polar surface area (TPSA) is 79.3 Å². The third-order valence-corrected chi connectivity index (χ3v) is 3.90. The zero-order valence-corrected chi connectivity index (χ0v) is 10.8. The van der Waals surface area contributed by atoms with Crippen molar-refractivity contribution in [2.45, 2.75) is 19.3 Å². The summed E-state index contributed by atoms with van der Waals surface area (Å²) in [5.74, 6) is -1.50. The molecule has 1 amide bonds. The molecule has 0 saturated heterocycles. The van der Waals surface area contributed by atoms with Gasteiger partial charge in [-0.05, 0) is 25.0 Å². The summed E-state index contributed by atoms with van der Waals surface area (Å²) in [4.78, 5) is 27.7. The van der Waals surface area contributed by atoms with Crippen molar-refractivity contribution >= 4 is 28.5 Å². The Bertz CT molecular complexity index is 692. The molecule has 5 nitrogen and oxygen atoms in total. The number of carboxylic acid groups (broad SMARTS) is 1. The molecule has 2 aromatic rings. The minimum absolute atomic E-state index is 0.398. The zero-order chi connectivity index (χ0) is 14.2. The number of anilines is 1. The number of carboxylic acids is 1. The summed E-state index contributed by atoms with van der Waals surface area (Å²) in [6.07, 6.45) is 3.12. The number of aromatic nitrogens is 1. The number of amides is 1. The number of para-hydroxylation sites is 1. The maximum Gasteiger partial charge on any atom is 0.319 e. The van der Waals surface area contributed by atoms with E-state index in [1.807, 2.05) is 24.3 Å². The highest BCUT2D eigenvalue weighted by atomic mass is 16.4. The first kappa shape index (κ1) is 12.6. The van der Waals surface area contributed by atoms with Gasteiger partial charge in [0.2, 0.25) is 5.91 Å². The van der Waals surface area contributed by atoms with Gasteiger partial charge in [-0.25, -0.2) is 0 Å². The summed E-state index contributed by atoms with van der Waals surface area (Å²) in [7, 11) is 0. The first-order valence-corrected chi connectivity index (χ1v) is 6.51. The van der Waals surface area contributed by atoms with Crippen LogP contribution in [0.15, 0.2) is 36.5 Å². The number of fused-ring (bicyclic) bond motifs is 1. The van der Waals surface area contributed by atoms with E-state index in [1.54, 1.807) is 12.3 Å². The van der Waals surface area contributed by atoms with E-state index in [2.05, 4.69) is 10.3 Å². The Morgan fingerprint density at radius 2 is 2.00 bits per heavy atom. The van der Waals surface area contributed by atoms with Gasteiger partial charge in [0.15, 0.2) is 0 Å². The Morgan fingerprint density at radius 1 is 1.25 bits per heavy atom. The highest BCUT2D eigenvalue weighted by Gasteiger charge is 2.51. The molecule has 1 heterocycles. The number of nitrogens with zero attached hydrogens (tertiary/aromatic N) is 1. The lowest BCUT2D eigenvalue weighted by molar-refractivity contribution is -0.159. The van der Waals surface area contributed by atoms with Gasteiger partial charge in [-0.15, -0.1) is 0 Å². The van der Waals surface area contributed by atoms with E-state index in [4.69, 9.17) is 0 Å². The lowest BCUT2D eigenvalue weighted by Gasteiger charge is -2.35. The third kappa shape index (κ3) is 1.91. The molecule has 1 aliphatic carbocycles. The summed E-state index contributed by atoms with van der Waals surface area (Å²) < 4.78 is 0. The average molecular weight is 270 g/mol. The molecule has 1 aromatic heterocycles. The van der Waals surface area contributed by atoms with Crippen LogP contribution in [0, 0.1) is 5.41 Å². The van der Waals surface area contributed by atoms with Gasteiger partial charge in [-0.3, -0.25) is 14.6 Å². The fourth-order valence-electron chi connectivity index (χ4n) is 2.46. The Labute approximate surface area is 115 Å². The van der Waals surface area contributed by atoms with Crippen LogP contribution in [0.4, 0.5) is 5.69 Å². The van der Waals surface area contributed by atoms with Gasteiger partial charge in [0.25, 0.3) is 0 Å². The maximum absolute atomic E-state index is 12.2. The van der Waals surface area contributed by atoms with Gasteiger partial charge in [0.1, 0.15) is 5.41 Å². The van der Waals surface area contributed by atoms with Gasteiger partial charge >= 0.3 is 5.97 Å². The summed E-state index contributed by atoms with van der Waals surface area (Å²) in [6, 6.07) is 9.36. The van der Waals surface area contributed by atoms with Crippen molar-refractivity contribution in [1.29, 1.82) is 0 Å². The van der Waals surface area contributed by atoms with Crippen molar-refractivity contribution in [1.82, 2.24) is 4.98 Å². The number of carbonyl (C=O) groups is 2. The predicted octanol–water partition coefficient (Wildman–Crippen LogP) is 2.43. The Morgan fingerprint density at radius 3 is 2.65 bits per heavy atom. The largest absolute Gasteiger partial charge is 0.480 e. The number of pyridine rings is 1. The zero-order valence-electron chi connectivity index (χ0n) is 10.8. The van der Waals surface area contributed by atoms with Crippen LogP contribution in [-0.2, 0) is 9.59 Å². The van der Waals surface area contributed by atoms with Crippen LogP contribution in [0.5, 0.6) is 0 Å². The number of rotatable bonds is 3. The fourth-order valence-corrected chi connectivity index (χ4v) is 2.46. The van der Waals surface area contributed by atoms with Crippen LogP contribution >= 0.6 is 0 Å². The minimum atomic E-state index is -1.26. The van der Waals surface area contributed by atoms with E-state index in [9.17, 15) is 14.7 Å². The van der Waals surface area contributed by atoms with Gasteiger partial charge < -0.3 is 10.4 Å². The van der Waals surface area contributed by atoms with Crippen molar-refractivity contribution in [3.05, 3.63) is 36.5 Å². The van der Waals surface area contributed by atoms with Gasteiger partial charge in [0, 0.05) is 5.39 Å². The second-order valence-electron chi connectivity index (χ2n) is 5.11. The number of hydrogen-bond acceptors (Lipinski definition) is 3. The van der Waals surface area contributed by atoms with Crippen LogP contribution < -0.4 is 5.32 Å². The van der Waals surface area contributed by atoms with E-state index in [0.717, 1.165) is 17.3 Å². The lowest BCUT2D eigenvalue weighted by Crippen LogP contribution is -2.48. The van der Waals surface area contributed by atoms with E-state index in [0.29, 0.717) is 18.5 Å². The van der Waals surface area contributed by atoms with E-state index < -0.39 is 17.3 Å². The van der Waals surface area contributed by atoms with Crippen LogP contribution in [-0.4, -0.2) is 22.0 Å². The van der Waals surface area contributed by atoms with Gasteiger partial charge in [0.05, 0.1) is 17.4 Å². The molecule has 0 bridgehead atoms. The quantitative estimate of drug-likeness (QED) is 0.839. The fraction of sp³-hybridized carbons (Fsp3) is 0.267. The second-order valence-corrected chi connectivity index (χ2v) is 5.11. The molecule has 102 valence electrons. The van der Waals surface area contributed by atoms with E-state index in [1.165, 1.54) is 0 Å². The molecule has 1 fully saturated rings. The second kappa shape index (κ2) is 4.59. The summed E-state index contributed by atoms with van der Waals surface area (Å²) in [5.41, 5.74) is 0.106. The summed E-state index contributed by atoms with van der Waals surface area (Å²) >= 11 is 0. The molecule has 1 aromatic carbocycles. The summed E-state index contributed by atoms with van der Waals surface area (Å²) in [6.45, 7) is 0. The maximum atomic E-state index is 12.2. The van der Waals surface area contributed by atoms with Crippen LogP contribution in [0.2, 0.25) is 0 Å². The Hall–Kier alpha value is -2.43. The predicted molar refractivity (Wildman–Crippen MR) is 74.3 cm³/mol. The van der Waals surface area contributed by atoms with Crippen molar-refractivity contribution in [2.75, 3.05) is 5.32 Å². The lowest BCUT2D eigenvalue weighted by atomic mass is 9.68. The molecule has 1 saturated carbocycles. The van der Waals surface area contributed by atoms with Crippen LogP contribution in [0.3, 0.4) is 0 Å². The molecular weight excluding hydrogens is 256 g/mol. The molecule has 5 heteroatoms. The van der Waals surface area contributed by atoms with Crippen molar-refractivity contribution in [2.24, 2.45) is 5.41 Å². The first-order chi connectivity index (χ1) is 9.62. The molecular formula is C15H14N2O3. The van der Waals surface area contributed by atoms with Crippen molar-refractivity contribution in [3.8, 4) is 0 Å². The van der Waals surface area contributed by atoms with E-state index in [-0.39, 0.29) is 0 Å². The standard InChI is InChI=1S/C15H14N2O3/c18-13(15(14(19)20)6-3-7-15)17-11-8-10-4-1-2-5-12(10)16-9-11/h1-2,4-5,8-9H,3,6-7H2,(H,17,18)(H,19,20). The van der Waals surface area contributed by atoms with Gasteiger partial charge in [-0.2, -0.15) is 0 Å². The molecule has 1 aliphatic rings. The van der Waals surface area contributed by atoms with Crippen molar-refractivity contribution in [3.63, 3.8) is 0 Å². The van der Waals surface area contributed by atoms with Gasteiger partial charge in [-0.1, -0.05) is 24.6 Å². The molecule has 0 spiro atoms. The molecule has 0 radical (unpaired) electrons. The molecule has 0 aliphatic heterocycles. The average Bonchev–Trinajstić information content (AvgIpc) is 2.36. The molecule has 0 unspecified atom stereocenters. The third-order valence-electron chi connectivity index (χ3n) is 3.90. The van der Waals surface area contributed by atoms with Crippen LogP contribution in [0.1, 0.15) is 19.3 Å². The number of aliphatic carboxylic acids is 1. The molecule has 0 atom stereocenters. The molecule has 3 rings (SSSR count). The van der Waals surface area contributed by atoms with Crippen molar-refractivity contribution < 1.29 is 14.7 Å². The normalized spacial score (nSPS) is 16.4. The Kier molecular flexibility index (Phi) is 2.89. The highest BCUT2D eigenvalue weighted by molar-refractivity contribution is 6.09. The minimum Gasteiger partial charge on any atom is -0.480 e. The SMILES string of the molecule is O=C(O)C1(C(=O)Nc2cnc3ccccc3c2)CCC1. The first-order valence-electron chi connectivity index (χ1n) is 6.51. The molecule has 2 N–H and O–H groups in total. The monoisotopic (exact) mass is 270 g/mol. The number of carbonyl (C=O) groups excluding carboxylic acids is 1. The van der Waals surface area contributed by atoms with E-state index >= 15 is 0 Å². The summed E-state index contributed by atoms with van der Waals surface area (Å²) in [5, 5.41) is 12.8. The molecule has 20 heavy (non-hydrogen) atoms. The number of hydrogen-bond donors (Lipinski definition) is 2. The number of benzene rings is 1. The smallest absolute Gasteiger partial charge is 0.319 e. The van der Waals surface area contributed by atoms with Crippen LogP contribution in [0.25, 0.3) is 10.9 Å². The number of nitrogens with one attached hydrogen (secondary N) is 1. The highest BCUT2D eigenvalue weighted by Crippen LogP contribution is 2.42. The Balaban J connectivity index is 1.86.